The van der Waals surface area contributed by atoms with Crippen molar-refractivity contribution in [3.63, 3.8) is 0 Å². The van der Waals surface area contributed by atoms with E-state index in [1.165, 1.54) is 0 Å². The fourth-order valence-corrected chi connectivity index (χ4v) is 2.71. The third kappa shape index (κ3) is 4.04. The maximum absolute atomic E-state index is 5.58. The van der Waals surface area contributed by atoms with Crippen molar-refractivity contribution in [2.75, 3.05) is 52.5 Å². The molecule has 1 aliphatic rings. The summed E-state index contributed by atoms with van der Waals surface area (Å²) in [4.78, 5) is 7.50. The van der Waals surface area contributed by atoms with Gasteiger partial charge < -0.3 is 24.4 Å². The van der Waals surface area contributed by atoms with Crippen LogP contribution in [0.2, 0.25) is 0 Å². The summed E-state index contributed by atoms with van der Waals surface area (Å²) < 4.78 is 16.2. The zero-order valence-corrected chi connectivity index (χ0v) is 12.5. The Balaban J connectivity index is 1.84. The molecule has 1 unspecified atom stereocenters. The third-order valence-corrected chi connectivity index (χ3v) is 3.97. The van der Waals surface area contributed by atoms with Gasteiger partial charge in [0.05, 0.1) is 37.9 Å². The Morgan fingerprint density at radius 1 is 1.47 bits per heavy atom. The summed E-state index contributed by atoms with van der Waals surface area (Å²) in [5.41, 5.74) is 0. The van der Waals surface area contributed by atoms with E-state index in [2.05, 4.69) is 10.3 Å². The predicted octanol–water partition coefficient (Wildman–Crippen LogP) is 0.723. The van der Waals surface area contributed by atoms with Gasteiger partial charge in [-0.1, -0.05) is 11.3 Å². The molecule has 6 nitrogen and oxygen atoms in total. The lowest BCUT2D eigenvalue weighted by Gasteiger charge is -2.23. The zero-order valence-electron chi connectivity index (χ0n) is 11.6. The zero-order chi connectivity index (χ0) is 13.7. The number of nitrogens with one attached hydrogen (secondary N) is 1. The second kappa shape index (κ2) is 7.04. The van der Waals surface area contributed by atoms with Crippen molar-refractivity contribution in [3.05, 3.63) is 4.88 Å². The van der Waals surface area contributed by atoms with E-state index >= 15 is 0 Å². The van der Waals surface area contributed by atoms with E-state index < -0.39 is 0 Å². The summed E-state index contributed by atoms with van der Waals surface area (Å²) in [6.07, 6.45) is 0.140. The molecule has 0 aliphatic carbocycles. The monoisotopic (exact) mass is 287 g/mol. The van der Waals surface area contributed by atoms with Crippen molar-refractivity contribution in [1.29, 1.82) is 0 Å². The Morgan fingerprint density at radius 3 is 2.95 bits per heavy atom. The molecule has 1 aliphatic heterocycles. The summed E-state index contributed by atoms with van der Waals surface area (Å²) >= 11 is 1.63. The highest BCUT2D eigenvalue weighted by atomic mass is 32.1. The van der Waals surface area contributed by atoms with Gasteiger partial charge in [0.2, 0.25) is 5.88 Å². The van der Waals surface area contributed by atoms with E-state index in [-0.39, 0.29) is 6.10 Å². The van der Waals surface area contributed by atoms with E-state index in [1.54, 1.807) is 18.4 Å². The average molecular weight is 287 g/mol. The van der Waals surface area contributed by atoms with Crippen LogP contribution in [0.15, 0.2) is 0 Å². The Labute approximate surface area is 117 Å². The van der Waals surface area contributed by atoms with Gasteiger partial charge in [0.25, 0.3) is 0 Å². The van der Waals surface area contributed by atoms with Gasteiger partial charge in [0.15, 0.2) is 5.13 Å². The minimum absolute atomic E-state index is 0.140. The van der Waals surface area contributed by atoms with Crippen LogP contribution in [-0.2, 0) is 16.0 Å². The molecule has 0 saturated carbocycles. The van der Waals surface area contributed by atoms with Crippen LogP contribution in [0, 0.1) is 0 Å². The molecule has 7 heteroatoms. The van der Waals surface area contributed by atoms with Crippen molar-refractivity contribution in [2.24, 2.45) is 0 Å². The minimum Gasteiger partial charge on any atom is -0.480 e. The van der Waals surface area contributed by atoms with Crippen LogP contribution < -0.4 is 15.0 Å². The molecule has 0 bridgehead atoms. The highest BCUT2D eigenvalue weighted by Crippen LogP contribution is 2.30. The smallest absolute Gasteiger partial charge is 0.230 e. The molecule has 2 heterocycles. The topological polar surface area (TPSA) is 55.9 Å². The lowest BCUT2D eigenvalue weighted by atomic mass is 10.3. The number of methoxy groups -OCH3 is 1. The van der Waals surface area contributed by atoms with Gasteiger partial charge in [0, 0.05) is 27.2 Å². The maximum Gasteiger partial charge on any atom is 0.230 e. The van der Waals surface area contributed by atoms with Gasteiger partial charge in [-0.05, 0) is 0 Å². The van der Waals surface area contributed by atoms with Gasteiger partial charge in [-0.25, -0.2) is 0 Å². The fourth-order valence-electron chi connectivity index (χ4n) is 1.79. The molecule has 0 amide bonds. The van der Waals surface area contributed by atoms with Crippen LogP contribution in [0.5, 0.6) is 5.88 Å². The van der Waals surface area contributed by atoms with Crippen molar-refractivity contribution >= 4 is 16.5 Å². The molecule has 0 radical (unpaired) electrons. The molecular formula is C12H21N3O3S. The number of thiazole rings is 1. The van der Waals surface area contributed by atoms with Gasteiger partial charge >= 0.3 is 0 Å². The molecule has 0 spiro atoms. The molecule has 1 aromatic heterocycles. The summed E-state index contributed by atoms with van der Waals surface area (Å²) in [7, 11) is 5.60. The van der Waals surface area contributed by atoms with Crippen LogP contribution in [-0.4, -0.2) is 58.7 Å². The molecule has 1 N–H and O–H groups in total. The van der Waals surface area contributed by atoms with Crippen LogP contribution in [0.25, 0.3) is 0 Å². The largest absolute Gasteiger partial charge is 0.480 e. The van der Waals surface area contributed by atoms with E-state index in [9.17, 15) is 0 Å². The molecule has 0 aromatic carbocycles. The van der Waals surface area contributed by atoms with Crippen molar-refractivity contribution < 1.29 is 14.2 Å². The van der Waals surface area contributed by atoms with Crippen molar-refractivity contribution in [2.45, 2.75) is 12.6 Å². The number of aromatic nitrogens is 1. The quantitative estimate of drug-likeness (QED) is 0.832. The molecule has 1 saturated heterocycles. The second-order valence-corrected chi connectivity index (χ2v) is 5.58. The normalized spacial score (nSPS) is 19.4. The standard InChI is InChI=1S/C12H21N3O3S/c1-15(2)12-14-11(16-3)10(19-12)7-13-6-9-8-17-4-5-18-9/h9,13H,4-8H2,1-3H3. The van der Waals surface area contributed by atoms with Gasteiger partial charge in [-0.2, -0.15) is 4.98 Å². The van der Waals surface area contributed by atoms with Crippen molar-refractivity contribution in [1.82, 2.24) is 10.3 Å². The Morgan fingerprint density at radius 2 is 2.32 bits per heavy atom. The Bertz CT molecular complexity index is 392. The highest BCUT2D eigenvalue weighted by molar-refractivity contribution is 7.15. The number of anilines is 1. The Kier molecular flexibility index (Phi) is 5.38. The summed E-state index contributed by atoms with van der Waals surface area (Å²) in [5.74, 6) is 0.696. The van der Waals surface area contributed by atoms with Gasteiger partial charge in [0.1, 0.15) is 0 Å². The summed E-state index contributed by atoms with van der Waals surface area (Å²) in [5, 5.41) is 4.32. The average Bonchev–Trinajstić information content (AvgIpc) is 2.83. The molecule has 1 fully saturated rings. The molecular weight excluding hydrogens is 266 g/mol. The number of ether oxygens (including phenoxy) is 3. The van der Waals surface area contributed by atoms with Gasteiger partial charge in [-0.3, -0.25) is 0 Å². The molecule has 1 aromatic rings. The molecule has 108 valence electrons. The van der Waals surface area contributed by atoms with Crippen LogP contribution in [0.1, 0.15) is 4.88 Å². The number of hydrogen-bond donors (Lipinski definition) is 1. The molecule has 1 atom stereocenters. The van der Waals surface area contributed by atoms with Crippen molar-refractivity contribution in [3.8, 4) is 5.88 Å². The molecule has 2 rings (SSSR count). The SMILES string of the molecule is COc1nc(N(C)C)sc1CNCC1COCCO1. The predicted molar refractivity (Wildman–Crippen MR) is 75.3 cm³/mol. The van der Waals surface area contributed by atoms with Crippen LogP contribution >= 0.6 is 11.3 Å². The van der Waals surface area contributed by atoms with E-state index in [1.807, 2.05) is 19.0 Å². The summed E-state index contributed by atoms with van der Waals surface area (Å²) in [6, 6.07) is 0. The first-order valence-corrected chi connectivity index (χ1v) is 7.13. The summed E-state index contributed by atoms with van der Waals surface area (Å²) in [6.45, 7) is 3.55. The lowest BCUT2D eigenvalue weighted by molar-refractivity contribution is -0.0864. The lowest BCUT2D eigenvalue weighted by Crippen LogP contribution is -2.37. The van der Waals surface area contributed by atoms with E-state index in [0.717, 1.165) is 23.1 Å². The van der Waals surface area contributed by atoms with Crippen LogP contribution in [0.4, 0.5) is 5.13 Å². The van der Waals surface area contributed by atoms with Crippen LogP contribution in [0.3, 0.4) is 0 Å². The first-order valence-electron chi connectivity index (χ1n) is 6.31. The van der Waals surface area contributed by atoms with E-state index in [0.29, 0.717) is 25.7 Å². The number of nitrogens with zero attached hydrogens (tertiary/aromatic N) is 2. The third-order valence-electron chi connectivity index (χ3n) is 2.77. The fraction of sp³-hybridized carbons (Fsp3) is 0.750. The molecule has 19 heavy (non-hydrogen) atoms. The highest BCUT2D eigenvalue weighted by Gasteiger charge is 2.16. The first kappa shape index (κ1) is 14.5. The Hall–Kier alpha value is -0.890. The minimum atomic E-state index is 0.140. The second-order valence-electron chi connectivity index (χ2n) is 4.52. The maximum atomic E-state index is 5.58. The number of rotatable bonds is 6. The first-order chi connectivity index (χ1) is 9.20. The number of hydrogen-bond acceptors (Lipinski definition) is 7. The van der Waals surface area contributed by atoms with E-state index in [4.69, 9.17) is 14.2 Å². The van der Waals surface area contributed by atoms with Gasteiger partial charge in [-0.15, -0.1) is 0 Å².